The van der Waals surface area contributed by atoms with Crippen LogP contribution in [0.5, 0.6) is 5.75 Å². The van der Waals surface area contributed by atoms with Gasteiger partial charge in [0.15, 0.2) is 6.61 Å². The molecule has 1 amide bonds. The summed E-state index contributed by atoms with van der Waals surface area (Å²) in [6, 6.07) is 16.0. The number of nitrogens with zero attached hydrogens (tertiary/aromatic N) is 1. The molecular formula is C22H28N2O2. The van der Waals surface area contributed by atoms with Crippen molar-refractivity contribution in [3.8, 4) is 5.75 Å². The highest BCUT2D eigenvalue weighted by Crippen LogP contribution is 2.21. The van der Waals surface area contributed by atoms with Gasteiger partial charge in [0.1, 0.15) is 5.75 Å². The Morgan fingerprint density at radius 2 is 1.65 bits per heavy atom. The number of hydrogen-bond acceptors (Lipinski definition) is 3. The third kappa shape index (κ3) is 6.03. The van der Waals surface area contributed by atoms with Gasteiger partial charge in [0.05, 0.1) is 6.21 Å². The van der Waals surface area contributed by atoms with Crippen LogP contribution >= 0.6 is 0 Å². The fraction of sp³-hybridized carbons (Fsp3) is 0.364. The van der Waals surface area contributed by atoms with Crippen LogP contribution in [0.3, 0.4) is 0 Å². The molecule has 0 spiro atoms. The van der Waals surface area contributed by atoms with Gasteiger partial charge in [0.2, 0.25) is 0 Å². The number of amides is 1. The van der Waals surface area contributed by atoms with E-state index in [-0.39, 0.29) is 12.5 Å². The summed E-state index contributed by atoms with van der Waals surface area (Å²) in [7, 11) is 0. The minimum Gasteiger partial charge on any atom is -0.484 e. The lowest BCUT2D eigenvalue weighted by molar-refractivity contribution is -0.123. The zero-order valence-electron chi connectivity index (χ0n) is 16.0. The molecule has 0 bridgehead atoms. The molecular weight excluding hydrogens is 324 g/mol. The number of rotatable bonds is 8. The first kappa shape index (κ1) is 19.7. The zero-order valence-corrected chi connectivity index (χ0v) is 16.0. The summed E-state index contributed by atoms with van der Waals surface area (Å²) in [5.74, 6) is 1.42. The average Bonchev–Trinajstić information content (AvgIpc) is 2.66. The van der Waals surface area contributed by atoms with Gasteiger partial charge in [-0.1, -0.05) is 64.1 Å². The maximum Gasteiger partial charge on any atom is 0.277 e. The number of hydrazone groups is 1. The summed E-state index contributed by atoms with van der Waals surface area (Å²) in [6.45, 7) is 8.60. The molecule has 0 aromatic heterocycles. The average molecular weight is 352 g/mol. The van der Waals surface area contributed by atoms with Crippen LogP contribution in [0.4, 0.5) is 0 Å². The standard InChI is InChI=1S/C22H28N2O2/c1-5-17(4)20-10-12-21(13-11-20)26-15-22(25)24-23-14-18-6-8-19(9-7-18)16(2)3/h6-14,16-17H,5,15H2,1-4H3,(H,24,25)/b23-14+. The van der Waals surface area contributed by atoms with Gasteiger partial charge in [-0.05, 0) is 47.1 Å². The van der Waals surface area contributed by atoms with Gasteiger partial charge >= 0.3 is 0 Å². The van der Waals surface area contributed by atoms with Gasteiger partial charge < -0.3 is 4.74 Å². The predicted molar refractivity (Wildman–Crippen MR) is 107 cm³/mol. The van der Waals surface area contributed by atoms with Crippen LogP contribution in [0.15, 0.2) is 53.6 Å². The molecule has 26 heavy (non-hydrogen) atoms. The molecule has 2 rings (SSSR count). The first-order chi connectivity index (χ1) is 12.5. The van der Waals surface area contributed by atoms with E-state index in [0.29, 0.717) is 17.6 Å². The fourth-order valence-corrected chi connectivity index (χ4v) is 2.46. The lowest BCUT2D eigenvalue weighted by atomic mass is 9.99. The number of nitrogens with one attached hydrogen (secondary N) is 1. The van der Waals surface area contributed by atoms with E-state index in [1.807, 2.05) is 36.4 Å². The van der Waals surface area contributed by atoms with Gasteiger partial charge in [-0.3, -0.25) is 4.79 Å². The quantitative estimate of drug-likeness (QED) is 0.545. The number of benzene rings is 2. The van der Waals surface area contributed by atoms with Crippen LogP contribution < -0.4 is 10.2 Å². The normalized spacial score (nSPS) is 12.3. The molecule has 0 aliphatic carbocycles. The number of hydrogen-bond donors (Lipinski definition) is 1. The maximum absolute atomic E-state index is 11.8. The predicted octanol–water partition coefficient (Wildman–Crippen LogP) is 4.85. The van der Waals surface area contributed by atoms with Crippen LogP contribution in [0, 0.1) is 0 Å². The van der Waals surface area contributed by atoms with Crippen molar-refractivity contribution in [1.82, 2.24) is 5.43 Å². The summed E-state index contributed by atoms with van der Waals surface area (Å²) in [6.07, 6.45) is 2.73. The van der Waals surface area contributed by atoms with Crippen molar-refractivity contribution >= 4 is 12.1 Å². The molecule has 0 saturated carbocycles. The van der Waals surface area contributed by atoms with Gasteiger partial charge in [-0.15, -0.1) is 0 Å². The number of ether oxygens (including phenoxy) is 1. The van der Waals surface area contributed by atoms with Crippen molar-refractivity contribution in [2.24, 2.45) is 5.10 Å². The van der Waals surface area contributed by atoms with E-state index in [1.165, 1.54) is 11.1 Å². The van der Waals surface area contributed by atoms with Crippen LogP contribution in [-0.4, -0.2) is 18.7 Å². The Balaban J connectivity index is 1.78. The van der Waals surface area contributed by atoms with Crippen LogP contribution in [0.1, 0.15) is 62.6 Å². The molecule has 2 aromatic carbocycles. The second kappa shape index (κ2) is 9.76. The van der Waals surface area contributed by atoms with Crippen LogP contribution in [-0.2, 0) is 4.79 Å². The van der Waals surface area contributed by atoms with Gasteiger partial charge in [-0.2, -0.15) is 5.10 Å². The van der Waals surface area contributed by atoms with E-state index in [9.17, 15) is 4.79 Å². The van der Waals surface area contributed by atoms with E-state index >= 15 is 0 Å². The SMILES string of the molecule is CCC(C)c1ccc(OCC(=O)N/N=C/c2ccc(C(C)C)cc2)cc1. The molecule has 0 radical (unpaired) electrons. The summed E-state index contributed by atoms with van der Waals surface area (Å²) in [4.78, 5) is 11.8. The minimum atomic E-state index is -0.286. The zero-order chi connectivity index (χ0) is 18.9. The lowest BCUT2D eigenvalue weighted by Crippen LogP contribution is -2.24. The Morgan fingerprint density at radius 3 is 2.23 bits per heavy atom. The first-order valence-corrected chi connectivity index (χ1v) is 9.14. The van der Waals surface area contributed by atoms with Crippen molar-refractivity contribution < 1.29 is 9.53 Å². The van der Waals surface area contributed by atoms with Gasteiger partial charge in [0.25, 0.3) is 5.91 Å². The Labute approximate surface area is 156 Å². The highest BCUT2D eigenvalue weighted by Gasteiger charge is 2.05. The molecule has 0 fully saturated rings. The van der Waals surface area contributed by atoms with Crippen molar-refractivity contribution in [2.75, 3.05) is 6.61 Å². The summed E-state index contributed by atoms with van der Waals surface area (Å²) in [5.41, 5.74) is 5.98. The third-order valence-electron chi connectivity index (χ3n) is 4.44. The largest absolute Gasteiger partial charge is 0.484 e. The molecule has 138 valence electrons. The Kier molecular flexibility index (Phi) is 7.39. The first-order valence-electron chi connectivity index (χ1n) is 9.14. The second-order valence-electron chi connectivity index (χ2n) is 6.78. The number of carbonyl (C=O) groups excluding carboxylic acids is 1. The van der Waals surface area contributed by atoms with Crippen molar-refractivity contribution in [3.05, 3.63) is 65.2 Å². The highest BCUT2D eigenvalue weighted by molar-refractivity contribution is 5.82. The summed E-state index contributed by atoms with van der Waals surface area (Å²) < 4.78 is 5.50. The van der Waals surface area contributed by atoms with Gasteiger partial charge in [0, 0.05) is 0 Å². The van der Waals surface area contributed by atoms with Crippen molar-refractivity contribution in [3.63, 3.8) is 0 Å². The molecule has 0 saturated heterocycles. The van der Waals surface area contributed by atoms with E-state index in [0.717, 1.165) is 12.0 Å². The highest BCUT2D eigenvalue weighted by atomic mass is 16.5. The smallest absolute Gasteiger partial charge is 0.277 e. The molecule has 0 heterocycles. The van der Waals surface area contributed by atoms with E-state index in [4.69, 9.17) is 4.74 Å². The molecule has 4 nitrogen and oxygen atoms in total. The Bertz CT molecular complexity index is 719. The maximum atomic E-state index is 11.8. The molecule has 1 N–H and O–H groups in total. The van der Waals surface area contributed by atoms with Crippen LogP contribution in [0.2, 0.25) is 0 Å². The van der Waals surface area contributed by atoms with E-state index in [1.54, 1.807) is 6.21 Å². The molecule has 2 aromatic rings. The third-order valence-corrected chi connectivity index (χ3v) is 4.44. The molecule has 1 unspecified atom stereocenters. The fourth-order valence-electron chi connectivity index (χ4n) is 2.46. The van der Waals surface area contributed by atoms with Crippen LogP contribution in [0.25, 0.3) is 0 Å². The monoisotopic (exact) mass is 352 g/mol. The molecule has 0 aliphatic rings. The van der Waals surface area contributed by atoms with E-state index in [2.05, 4.69) is 50.4 Å². The minimum absolute atomic E-state index is 0.0632. The number of carbonyl (C=O) groups is 1. The van der Waals surface area contributed by atoms with E-state index < -0.39 is 0 Å². The molecule has 0 aliphatic heterocycles. The summed E-state index contributed by atoms with van der Waals surface area (Å²) in [5, 5.41) is 3.97. The van der Waals surface area contributed by atoms with Crippen molar-refractivity contribution in [1.29, 1.82) is 0 Å². The topological polar surface area (TPSA) is 50.7 Å². The second-order valence-corrected chi connectivity index (χ2v) is 6.78. The Hall–Kier alpha value is -2.62. The van der Waals surface area contributed by atoms with Gasteiger partial charge in [-0.25, -0.2) is 5.43 Å². The van der Waals surface area contributed by atoms with Crippen molar-refractivity contribution in [2.45, 2.75) is 46.0 Å². The lowest BCUT2D eigenvalue weighted by Gasteiger charge is -2.10. The molecule has 1 atom stereocenters. The molecule has 4 heteroatoms. The Morgan fingerprint density at radius 1 is 1.04 bits per heavy atom. The summed E-state index contributed by atoms with van der Waals surface area (Å²) >= 11 is 0.